The zero-order valence-corrected chi connectivity index (χ0v) is 15.2. The maximum atomic E-state index is 12.2. The van der Waals surface area contributed by atoms with Crippen LogP contribution in [0.1, 0.15) is 59.3 Å². The van der Waals surface area contributed by atoms with Crippen molar-refractivity contribution in [2.75, 3.05) is 13.2 Å². The largest absolute Gasteiger partial charge is 0.456 e. The minimum absolute atomic E-state index is 0.0457. The van der Waals surface area contributed by atoms with Gasteiger partial charge in [-0.2, -0.15) is 0 Å². The molecule has 4 aliphatic carbocycles. The summed E-state index contributed by atoms with van der Waals surface area (Å²) in [6.07, 6.45) is 6.63. The summed E-state index contributed by atoms with van der Waals surface area (Å²) < 4.78 is 18.5. The molecular weight excluding hydrogens is 304 g/mol. The molecule has 1 spiro atoms. The molecule has 1 aliphatic heterocycles. The minimum Gasteiger partial charge on any atom is -0.456 e. The molecular formula is C20H30O4. The van der Waals surface area contributed by atoms with Crippen LogP contribution in [0.5, 0.6) is 0 Å². The van der Waals surface area contributed by atoms with Crippen LogP contribution in [0.15, 0.2) is 12.2 Å². The summed E-state index contributed by atoms with van der Waals surface area (Å²) in [5, 5.41) is 0. The predicted molar refractivity (Wildman–Crippen MR) is 90.2 cm³/mol. The first-order valence-corrected chi connectivity index (χ1v) is 9.45. The fraction of sp³-hybridized carbons (Fsp3) is 0.850. The fourth-order valence-corrected chi connectivity index (χ4v) is 6.13. The first-order valence-electron chi connectivity index (χ1n) is 9.45. The summed E-state index contributed by atoms with van der Waals surface area (Å²) in [7, 11) is 0. The maximum absolute atomic E-state index is 12.2. The second kappa shape index (κ2) is 5.31. The fourth-order valence-electron chi connectivity index (χ4n) is 6.13. The maximum Gasteiger partial charge on any atom is 0.333 e. The molecule has 4 heteroatoms. The van der Waals surface area contributed by atoms with E-state index in [1.54, 1.807) is 6.92 Å². The lowest BCUT2D eigenvalue weighted by Crippen LogP contribution is -2.68. The third kappa shape index (κ3) is 2.22. The van der Waals surface area contributed by atoms with E-state index in [2.05, 4.69) is 20.4 Å². The van der Waals surface area contributed by atoms with Gasteiger partial charge in [0, 0.05) is 22.8 Å². The molecule has 4 nitrogen and oxygen atoms in total. The molecule has 1 heterocycles. The molecule has 2 unspecified atom stereocenters. The Bertz CT molecular complexity index is 540. The van der Waals surface area contributed by atoms with Crippen LogP contribution >= 0.6 is 0 Å². The highest BCUT2D eigenvalue weighted by molar-refractivity contribution is 5.87. The Labute approximate surface area is 144 Å². The lowest BCUT2D eigenvalue weighted by atomic mass is 9.43. The van der Waals surface area contributed by atoms with Gasteiger partial charge in [-0.15, -0.1) is 0 Å². The Balaban J connectivity index is 1.62. The second-order valence-electron chi connectivity index (χ2n) is 9.08. The van der Waals surface area contributed by atoms with Gasteiger partial charge in [-0.05, 0) is 65.2 Å². The van der Waals surface area contributed by atoms with E-state index < -0.39 is 5.60 Å². The molecule has 5 aliphatic rings. The summed E-state index contributed by atoms with van der Waals surface area (Å²) >= 11 is 0. The molecule has 0 N–H and O–H groups in total. The highest BCUT2D eigenvalue weighted by atomic mass is 16.7. The zero-order valence-electron chi connectivity index (χ0n) is 15.2. The number of rotatable bonds is 3. The topological polar surface area (TPSA) is 44.8 Å². The standard InChI is InChI=1S/C20H30O4/c1-13(2)17(21)24-18(3,4)19-10-14-8-15(11-19)20(16(9-14)12-19)22-6-5-7-23-20/h14-16H,1,5-12H2,2-4H3. The van der Waals surface area contributed by atoms with Gasteiger partial charge >= 0.3 is 5.97 Å². The van der Waals surface area contributed by atoms with Gasteiger partial charge in [-0.25, -0.2) is 4.79 Å². The summed E-state index contributed by atoms with van der Waals surface area (Å²) in [5.41, 5.74) is 0.0436. The lowest BCUT2D eigenvalue weighted by Gasteiger charge is -2.67. The van der Waals surface area contributed by atoms with E-state index >= 15 is 0 Å². The van der Waals surface area contributed by atoms with Crippen LogP contribution in [-0.4, -0.2) is 30.6 Å². The highest BCUT2D eigenvalue weighted by Crippen LogP contribution is 2.68. The van der Waals surface area contributed by atoms with E-state index in [4.69, 9.17) is 14.2 Å². The van der Waals surface area contributed by atoms with E-state index in [-0.39, 0.29) is 17.2 Å². The van der Waals surface area contributed by atoms with E-state index in [9.17, 15) is 4.79 Å². The molecule has 0 amide bonds. The summed E-state index contributed by atoms with van der Waals surface area (Å²) in [5.74, 6) is 0.965. The molecule has 0 aromatic rings. The Kier molecular flexibility index (Phi) is 3.67. The van der Waals surface area contributed by atoms with Crippen LogP contribution in [0.3, 0.4) is 0 Å². The third-order valence-corrected chi connectivity index (χ3v) is 7.24. The molecule has 0 aromatic heterocycles. The molecule has 5 fully saturated rings. The van der Waals surface area contributed by atoms with Gasteiger partial charge in [0.1, 0.15) is 5.60 Å². The number of hydrogen-bond acceptors (Lipinski definition) is 4. The van der Waals surface area contributed by atoms with Crippen molar-refractivity contribution >= 4 is 5.97 Å². The van der Waals surface area contributed by atoms with Crippen molar-refractivity contribution in [2.45, 2.75) is 70.7 Å². The molecule has 4 saturated carbocycles. The molecule has 24 heavy (non-hydrogen) atoms. The second-order valence-corrected chi connectivity index (χ2v) is 9.08. The summed E-state index contributed by atoms with van der Waals surface area (Å²) in [4.78, 5) is 12.2. The molecule has 1 saturated heterocycles. The Morgan fingerprint density at radius 3 is 2.25 bits per heavy atom. The monoisotopic (exact) mass is 334 g/mol. The Hall–Kier alpha value is -0.870. The van der Waals surface area contributed by atoms with Gasteiger partial charge in [-0.1, -0.05) is 6.58 Å². The Morgan fingerprint density at radius 2 is 1.71 bits per heavy atom. The smallest absolute Gasteiger partial charge is 0.333 e. The normalized spacial score (nSPS) is 39.9. The first kappa shape index (κ1) is 16.6. The number of carbonyl (C=O) groups excluding carboxylic acids is 1. The number of carbonyl (C=O) groups is 1. The van der Waals surface area contributed by atoms with Crippen LogP contribution in [0.25, 0.3) is 0 Å². The van der Waals surface area contributed by atoms with Crippen LogP contribution < -0.4 is 0 Å². The van der Waals surface area contributed by atoms with Gasteiger partial charge in [-0.3, -0.25) is 0 Å². The van der Waals surface area contributed by atoms with Gasteiger partial charge in [0.25, 0.3) is 0 Å². The van der Waals surface area contributed by atoms with Crippen molar-refractivity contribution in [3.05, 3.63) is 12.2 Å². The molecule has 5 rings (SSSR count). The average Bonchev–Trinajstić information content (AvgIpc) is 2.52. The quantitative estimate of drug-likeness (QED) is 0.581. The predicted octanol–water partition coefficient (Wildman–Crippen LogP) is 3.84. The van der Waals surface area contributed by atoms with E-state index in [1.807, 2.05) is 0 Å². The Morgan fingerprint density at radius 1 is 1.12 bits per heavy atom. The average molecular weight is 334 g/mol. The van der Waals surface area contributed by atoms with Crippen LogP contribution in [0, 0.1) is 23.2 Å². The zero-order chi connectivity index (χ0) is 17.2. The molecule has 0 aromatic carbocycles. The summed E-state index contributed by atoms with van der Waals surface area (Å²) in [6.45, 7) is 11.3. The highest BCUT2D eigenvalue weighted by Gasteiger charge is 2.68. The molecule has 134 valence electrons. The van der Waals surface area contributed by atoms with Gasteiger partial charge < -0.3 is 14.2 Å². The van der Waals surface area contributed by atoms with Crippen molar-refractivity contribution in [1.82, 2.24) is 0 Å². The van der Waals surface area contributed by atoms with E-state index in [1.165, 1.54) is 12.8 Å². The van der Waals surface area contributed by atoms with Gasteiger partial charge in [0.15, 0.2) is 5.79 Å². The minimum atomic E-state index is -0.477. The third-order valence-electron chi connectivity index (χ3n) is 7.24. The van der Waals surface area contributed by atoms with Crippen molar-refractivity contribution in [3.63, 3.8) is 0 Å². The first-order chi connectivity index (χ1) is 11.3. The number of hydrogen-bond donors (Lipinski definition) is 0. The number of ether oxygens (including phenoxy) is 3. The van der Waals surface area contributed by atoms with Crippen molar-refractivity contribution in [1.29, 1.82) is 0 Å². The van der Waals surface area contributed by atoms with E-state index in [0.29, 0.717) is 23.3 Å². The SMILES string of the molecule is C=C(C)C(=O)OC(C)(C)C12CC3CC(C1)C1(OCCCO1)C(C3)C2. The van der Waals surface area contributed by atoms with Crippen LogP contribution in [-0.2, 0) is 19.0 Å². The van der Waals surface area contributed by atoms with Crippen molar-refractivity contribution < 1.29 is 19.0 Å². The molecule has 2 atom stereocenters. The van der Waals surface area contributed by atoms with Crippen LogP contribution in [0.4, 0.5) is 0 Å². The van der Waals surface area contributed by atoms with Crippen LogP contribution in [0.2, 0.25) is 0 Å². The molecule has 0 radical (unpaired) electrons. The molecule has 4 bridgehead atoms. The summed E-state index contributed by atoms with van der Waals surface area (Å²) in [6, 6.07) is 0. The van der Waals surface area contributed by atoms with Gasteiger partial charge in [0.2, 0.25) is 0 Å². The lowest BCUT2D eigenvalue weighted by molar-refractivity contribution is -0.376. The van der Waals surface area contributed by atoms with E-state index in [0.717, 1.165) is 38.9 Å². The van der Waals surface area contributed by atoms with Crippen molar-refractivity contribution in [2.24, 2.45) is 23.2 Å². The van der Waals surface area contributed by atoms with Crippen molar-refractivity contribution in [3.8, 4) is 0 Å². The number of esters is 1. The van der Waals surface area contributed by atoms with Gasteiger partial charge in [0.05, 0.1) is 13.2 Å².